The third-order valence-corrected chi connectivity index (χ3v) is 3.60. The van der Waals surface area contributed by atoms with Crippen LogP contribution < -0.4 is 5.32 Å². The molecule has 1 aromatic carbocycles. The first kappa shape index (κ1) is 13.5. The number of likely N-dealkylation sites (N-methyl/N-ethyl adjacent to an activating group) is 1. The fourth-order valence-electron chi connectivity index (χ4n) is 2.58. The highest BCUT2D eigenvalue weighted by molar-refractivity contribution is 5.21. The van der Waals surface area contributed by atoms with E-state index >= 15 is 0 Å². The van der Waals surface area contributed by atoms with E-state index in [-0.39, 0.29) is 6.61 Å². The van der Waals surface area contributed by atoms with Gasteiger partial charge < -0.3 is 15.3 Å². The van der Waals surface area contributed by atoms with Gasteiger partial charge in [-0.1, -0.05) is 30.7 Å². The van der Waals surface area contributed by atoms with Crippen molar-refractivity contribution in [2.45, 2.75) is 38.5 Å². The van der Waals surface area contributed by atoms with Crippen LogP contribution in [0.15, 0.2) is 24.3 Å². The number of nitrogens with one attached hydrogen (secondary N) is 1. The van der Waals surface area contributed by atoms with E-state index < -0.39 is 0 Å². The Balaban J connectivity index is 1.80. The quantitative estimate of drug-likeness (QED) is 0.833. The highest BCUT2D eigenvalue weighted by atomic mass is 16.3. The molecule has 3 heteroatoms. The summed E-state index contributed by atoms with van der Waals surface area (Å²) in [5.74, 6) is 0. The first-order chi connectivity index (χ1) is 8.78. The number of benzene rings is 1. The molecule has 1 heterocycles. The fourth-order valence-corrected chi connectivity index (χ4v) is 2.58. The summed E-state index contributed by atoms with van der Waals surface area (Å²) >= 11 is 0. The van der Waals surface area contributed by atoms with Gasteiger partial charge in [0.15, 0.2) is 0 Å². The highest BCUT2D eigenvalue weighted by Crippen LogP contribution is 2.11. The Labute approximate surface area is 110 Å². The number of piperidine rings is 1. The Morgan fingerprint density at radius 3 is 2.56 bits per heavy atom. The van der Waals surface area contributed by atoms with Crippen LogP contribution >= 0.6 is 0 Å². The lowest BCUT2D eigenvalue weighted by atomic mass is 10.0. The fraction of sp³-hybridized carbons (Fsp3) is 0.600. The normalized spacial score (nSPS) is 20.3. The number of aliphatic hydroxyl groups excluding tert-OH is 1. The van der Waals surface area contributed by atoms with Crippen LogP contribution in [-0.4, -0.2) is 36.2 Å². The van der Waals surface area contributed by atoms with Crippen LogP contribution in [0.2, 0.25) is 0 Å². The van der Waals surface area contributed by atoms with Crippen LogP contribution in [0.4, 0.5) is 0 Å². The van der Waals surface area contributed by atoms with Crippen molar-refractivity contribution in [1.29, 1.82) is 0 Å². The van der Waals surface area contributed by atoms with Crippen LogP contribution in [0.25, 0.3) is 0 Å². The van der Waals surface area contributed by atoms with E-state index in [1.807, 2.05) is 12.1 Å². The summed E-state index contributed by atoms with van der Waals surface area (Å²) in [7, 11) is 2.18. The minimum atomic E-state index is 0.127. The van der Waals surface area contributed by atoms with E-state index in [1.165, 1.54) is 31.4 Å². The average Bonchev–Trinajstić information content (AvgIpc) is 2.40. The maximum atomic E-state index is 9.01. The monoisotopic (exact) mass is 248 g/mol. The van der Waals surface area contributed by atoms with Crippen molar-refractivity contribution in [3.05, 3.63) is 35.4 Å². The van der Waals surface area contributed by atoms with E-state index in [0.29, 0.717) is 6.04 Å². The zero-order valence-electron chi connectivity index (χ0n) is 11.2. The lowest BCUT2D eigenvalue weighted by molar-refractivity contribution is 0.256. The molecule has 1 atom stereocenters. The molecular formula is C15H24N2O. The van der Waals surface area contributed by atoms with Crippen molar-refractivity contribution < 1.29 is 5.11 Å². The van der Waals surface area contributed by atoms with Gasteiger partial charge in [-0.3, -0.25) is 0 Å². The van der Waals surface area contributed by atoms with Crippen LogP contribution in [0.5, 0.6) is 0 Å². The van der Waals surface area contributed by atoms with Crippen molar-refractivity contribution in [3.63, 3.8) is 0 Å². The number of rotatable bonds is 5. The Kier molecular flexibility index (Phi) is 5.17. The van der Waals surface area contributed by atoms with Gasteiger partial charge in [-0.2, -0.15) is 0 Å². The lowest BCUT2D eigenvalue weighted by Gasteiger charge is -2.28. The molecule has 0 aliphatic carbocycles. The summed E-state index contributed by atoms with van der Waals surface area (Å²) in [5, 5.41) is 12.6. The van der Waals surface area contributed by atoms with Gasteiger partial charge in [-0.25, -0.2) is 0 Å². The summed E-state index contributed by atoms with van der Waals surface area (Å²) in [4.78, 5) is 2.37. The molecule has 1 aromatic rings. The maximum Gasteiger partial charge on any atom is 0.0681 e. The summed E-state index contributed by atoms with van der Waals surface area (Å²) < 4.78 is 0. The summed E-state index contributed by atoms with van der Waals surface area (Å²) in [6.45, 7) is 3.39. The zero-order valence-corrected chi connectivity index (χ0v) is 11.2. The predicted octanol–water partition coefficient (Wildman–Crippen LogP) is 1.75. The SMILES string of the molecule is CN(Cc1ccc(CO)cc1)CC1CCCCN1. The third kappa shape index (κ3) is 4.09. The third-order valence-electron chi connectivity index (χ3n) is 3.60. The second-order valence-electron chi connectivity index (χ2n) is 5.32. The minimum Gasteiger partial charge on any atom is -0.392 e. The number of hydrogen-bond donors (Lipinski definition) is 2. The molecule has 0 spiro atoms. The molecule has 100 valence electrons. The van der Waals surface area contributed by atoms with Crippen molar-refractivity contribution in [2.75, 3.05) is 20.1 Å². The van der Waals surface area contributed by atoms with Gasteiger partial charge in [0.25, 0.3) is 0 Å². The van der Waals surface area contributed by atoms with Crippen LogP contribution in [0.3, 0.4) is 0 Å². The molecule has 18 heavy (non-hydrogen) atoms. The van der Waals surface area contributed by atoms with Gasteiger partial charge in [-0.05, 0) is 37.6 Å². The van der Waals surface area contributed by atoms with Crippen molar-refractivity contribution in [1.82, 2.24) is 10.2 Å². The Morgan fingerprint density at radius 2 is 1.94 bits per heavy atom. The molecule has 3 nitrogen and oxygen atoms in total. The van der Waals surface area contributed by atoms with Gasteiger partial charge in [0.2, 0.25) is 0 Å². The number of hydrogen-bond acceptors (Lipinski definition) is 3. The minimum absolute atomic E-state index is 0.127. The molecule has 1 unspecified atom stereocenters. The van der Waals surface area contributed by atoms with Gasteiger partial charge in [-0.15, -0.1) is 0 Å². The van der Waals surface area contributed by atoms with E-state index in [4.69, 9.17) is 5.11 Å². The standard InChI is InChI=1S/C15H24N2O/c1-17(11-15-4-2-3-9-16-15)10-13-5-7-14(12-18)8-6-13/h5-8,15-16,18H,2-4,9-12H2,1H3. The molecule has 0 bridgehead atoms. The molecular weight excluding hydrogens is 224 g/mol. The van der Waals surface area contributed by atoms with Gasteiger partial charge in [0, 0.05) is 19.1 Å². The molecule has 1 aliphatic heterocycles. The number of aliphatic hydroxyl groups is 1. The molecule has 1 fully saturated rings. The highest BCUT2D eigenvalue weighted by Gasteiger charge is 2.14. The predicted molar refractivity (Wildman–Crippen MR) is 74.3 cm³/mol. The average molecular weight is 248 g/mol. The zero-order chi connectivity index (χ0) is 12.8. The van der Waals surface area contributed by atoms with Crippen LogP contribution in [0, 0.1) is 0 Å². The van der Waals surface area contributed by atoms with E-state index in [1.54, 1.807) is 0 Å². The molecule has 0 radical (unpaired) electrons. The summed E-state index contributed by atoms with van der Waals surface area (Å²) in [6.07, 6.45) is 3.98. The molecule has 0 saturated carbocycles. The molecule has 0 amide bonds. The van der Waals surface area contributed by atoms with E-state index in [0.717, 1.165) is 18.7 Å². The maximum absolute atomic E-state index is 9.01. The van der Waals surface area contributed by atoms with Crippen molar-refractivity contribution >= 4 is 0 Å². The molecule has 2 rings (SSSR count). The van der Waals surface area contributed by atoms with Crippen LogP contribution in [-0.2, 0) is 13.2 Å². The topological polar surface area (TPSA) is 35.5 Å². The molecule has 1 aliphatic rings. The summed E-state index contributed by atoms with van der Waals surface area (Å²) in [5.41, 5.74) is 2.29. The number of nitrogens with zero attached hydrogens (tertiary/aromatic N) is 1. The largest absolute Gasteiger partial charge is 0.392 e. The van der Waals surface area contributed by atoms with Crippen molar-refractivity contribution in [3.8, 4) is 0 Å². The van der Waals surface area contributed by atoms with Gasteiger partial charge in [0.05, 0.1) is 6.61 Å². The van der Waals surface area contributed by atoms with E-state index in [2.05, 4.69) is 29.4 Å². The Bertz CT molecular complexity index is 344. The Morgan fingerprint density at radius 1 is 1.22 bits per heavy atom. The molecule has 1 saturated heterocycles. The van der Waals surface area contributed by atoms with E-state index in [9.17, 15) is 0 Å². The molecule has 0 aromatic heterocycles. The lowest BCUT2D eigenvalue weighted by Crippen LogP contribution is -2.42. The van der Waals surface area contributed by atoms with Gasteiger partial charge in [0.1, 0.15) is 0 Å². The summed E-state index contributed by atoms with van der Waals surface area (Å²) in [6, 6.07) is 8.87. The second-order valence-corrected chi connectivity index (χ2v) is 5.32. The molecule has 2 N–H and O–H groups in total. The van der Waals surface area contributed by atoms with Crippen molar-refractivity contribution in [2.24, 2.45) is 0 Å². The Hall–Kier alpha value is -0.900. The van der Waals surface area contributed by atoms with Crippen LogP contribution in [0.1, 0.15) is 30.4 Å². The first-order valence-electron chi connectivity index (χ1n) is 6.88. The van der Waals surface area contributed by atoms with Gasteiger partial charge >= 0.3 is 0 Å². The smallest absolute Gasteiger partial charge is 0.0681 e. The second kappa shape index (κ2) is 6.88. The first-order valence-corrected chi connectivity index (χ1v) is 6.88.